The highest BCUT2D eigenvalue weighted by atomic mass is 35.5. The maximum atomic E-state index is 11.7. The first-order chi connectivity index (χ1) is 11.5. The number of anilines is 1. The van der Waals surface area contributed by atoms with Crippen molar-refractivity contribution < 1.29 is 9.53 Å². The molecule has 2 rings (SSSR count). The second-order valence-electron chi connectivity index (χ2n) is 5.14. The van der Waals surface area contributed by atoms with Crippen LogP contribution in [0.2, 0.25) is 10.0 Å². The Morgan fingerprint density at radius 2 is 1.92 bits per heavy atom. The van der Waals surface area contributed by atoms with Crippen molar-refractivity contribution in [1.82, 2.24) is 5.43 Å². The number of hydrogen-bond acceptors (Lipinski definition) is 4. The monoisotopic (exact) mass is 365 g/mol. The van der Waals surface area contributed by atoms with E-state index in [0.29, 0.717) is 15.8 Å². The summed E-state index contributed by atoms with van der Waals surface area (Å²) in [7, 11) is 3.94. The van der Waals surface area contributed by atoms with E-state index < -0.39 is 0 Å². The van der Waals surface area contributed by atoms with Crippen LogP contribution in [-0.4, -0.2) is 32.8 Å². The van der Waals surface area contributed by atoms with Crippen molar-refractivity contribution in [3.63, 3.8) is 0 Å². The molecule has 2 aromatic carbocycles. The summed E-state index contributed by atoms with van der Waals surface area (Å²) in [5.41, 5.74) is 4.36. The molecule has 1 amide bonds. The van der Waals surface area contributed by atoms with Crippen LogP contribution in [0.1, 0.15) is 5.56 Å². The number of hydrogen-bond donors (Lipinski definition) is 1. The second-order valence-corrected chi connectivity index (χ2v) is 5.99. The van der Waals surface area contributed by atoms with Crippen LogP contribution in [0.5, 0.6) is 5.75 Å². The minimum atomic E-state index is -0.387. The first-order valence-corrected chi connectivity index (χ1v) is 7.88. The van der Waals surface area contributed by atoms with E-state index in [2.05, 4.69) is 10.5 Å². The van der Waals surface area contributed by atoms with E-state index in [1.54, 1.807) is 24.4 Å². The predicted octanol–water partition coefficient (Wildman–Crippen LogP) is 3.59. The smallest absolute Gasteiger partial charge is 0.277 e. The zero-order valence-electron chi connectivity index (χ0n) is 13.3. The van der Waals surface area contributed by atoms with Crippen molar-refractivity contribution in [3.8, 4) is 5.75 Å². The highest BCUT2D eigenvalue weighted by molar-refractivity contribution is 6.35. The molecule has 0 aliphatic heterocycles. The minimum Gasteiger partial charge on any atom is -0.482 e. The molecule has 2 aromatic rings. The normalized spacial score (nSPS) is 10.7. The number of halogens is 2. The Morgan fingerprint density at radius 3 is 2.54 bits per heavy atom. The third kappa shape index (κ3) is 5.44. The van der Waals surface area contributed by atoms with E-state index in [4.69, 9.17) is 27.9 Å². The lowest BCUT2D eigenvalue weighted by atomic mass is 10.2. The zero-order chi connectivity index (χ0) is 17.5. The van der Waals surface area contributed by atoms with E-state index in [0.717, 1.165) is 11.3 Å². The van der Waals surface area contributed by atoms with E-state index in [-0.39, 0.29) is 12.5 Å². The first-order valence-electron chi connectivity index (χ1n) is 7.13. The van der Waals surface area contributed by atoms with E-state index in [9.17, 15) is 4.79 Å². The molecule has 24 heavy (non-hydrogen) atoms. The first kappa shape index (κ1) is 18.1. The summed E-state index contributed by atoms with van der Waals surface area (Å²) in [6, 6.07) is 12.5. The lowest BCUT2D eigenvalue weighted by Crippen LogP contribution is -2.24. The Bertz CT molecular complexity index is 731. The van der Waals surface area contributed by atoms with Gasteiger partial charge in [0.2, 0.25) is 0 Å². The Morgan fingerprint density at radius 1 is 1.21 bits per heavy atom. The predicted molar refractivity (Wildman–Crippen MR) is 98.5 cm³/mol. The number of rotatable bonds is 6. The minimum absolute atomic E-state index is 0.196. The molecular weight excluding hydrogens is 349 g/mol. The molecule has 0 radical (unpaired) electrons. The summed E-state index contributed by atoms with van der Waals surface area (Å²) in [4.78, 5) is 13.7. The van der Waals surface area contributed by atoms with Gasteiger partial charge in [-0.25, -0.2) is 5.43 Å². The molecule has 7 heteroatoms. The summed E-state index contributed by atoms with van der Waals surface area (Å²) < 4.78 is 5.32. The fraction of sp³-hybridized carbons (Fsp3) is 0.176. The van der Waals surface area contributed by atoms with Gasteiger partial charge in [0.15, 0.2) is 6.61 Å². The quantitative estimate of drug-likeness (QED) is 0.628. The van der Waals surface area contributed by atoms with Crippen LogP contribution in [0.15, 0.2) is 47.6 Å². The van der Waals surface area contributed by atoms with E-state index in [1.165, 1.54) is 0 Å². The molecule has 0 heterocycles. The fourth-order valence-electron chi connectivity index (χ4n) is 1.81. The lowest BCUT2D eigenvalue weighted by molar-refractivity contribution is -0.123. The topological polar surface area (TPSA) is 53.9 Å². The largest absolute Gasteiger partial charge is 0.482 e. The molecule has 0 unspecified atom stereocenters. The molecule has 5 nitrogen and oxygen atoms in total. The van der Waals surface area contributed by atoms with Gasteiger partial charge in [-0.1, -0.05) is 35.3 Å². The van der Waals surface area contributed by atoms with Gasteiger partial charge in [0.05, 0.1) is 11.2 Å². The summed E-state index contributed by atoms with van der Waals surface area (Å²) in [5.74, 6) is 0.00153. The average Bonchev–Trinajstić information content (AvgIpc) is 2.54. The van der Waals surface area contributed by atoms with Gasteiger partial charge in [0.1, 0.15) is 5.75 Å². The van der Waals surface area contributed by atoms with Gasteiger partial charge in [-0.2, -0.15) is 5.10 Å². The summed E-state index contributed by atoms with van der Waals surface area (Å²) in [6.07, 6.45) is 1.56. The number of carbonyl (C=O) groups is 1. The van der Waals surface area contributed by atoms with Gasteiger partial charge >= 0.3 is 0 Å². The maximum absolute atomic E-state index is 11.7. The molecule has 0 aromatic heterocycles. The number of amides is 1. The third-order valence-corrected chi connectivity index (χ3v) is 3.60. The lowest BCUT2D eigenvalue weighted by Gasteiger charge is -2.11. The maximum Gasteiger partial charge on any atom is 0.277 e. The Hall–Kier alpha value is -2.24. The summed E-state index contributed by atoms with van der Waals surface area (Å²) in [5, 5.41) is 4.74. The van der Waals surface area contributed by atoms with Gasteiger partial charge in [0.25, 0.3) is 5.91 Å². The Labute approximate surface area is 150 Å². The molecule has 126 valence electrons. The molecule has 0 atom stereocenters. The van der Waals surface area contributed by atoms with Crippen LogP contribution in [0.3, 0.4) is 0 Å². The highest BCUT2D eigenvalue weighted by Gasteiger charge is 2.05. The summed E-state index contributed by atoms with van der Waals surface area (Å²) >= 11 is 11.8. The van der Waals surface area contributed by atoms with Crippen LogP contribution >= 0.6 is 23.2 Å². The second kappa shape index (κ2) is 8.57. The van der Waals surface area contributed by atoms with Crippen molar-refractivity contribution >= 4 is 41.0 Å². The van der Waals surface area contributed by atoms with Crippen molar-refractivity contribution in [2.45, 2.75) is 0 Å². The molecule has 0 aliphatic carbocycles. The van der Waals surface area contributed by atoms with Crippen molar-refractivity contribution in [3.05, 3.63) is 58.1 Å². The molecule has 0 spiro atoms. The molecule has 0 saturated carbocycles. The van der Waals surface area contributed by atoms with Gasteiger partial charge in [-0.3, -0.25) is 4.79 Å². The Balaban J connectivity index is 1.82. The summed E-state index contributed by atoms with van der Waals surface area (Å²) in [6.45, 7) is -0.196. The van der Waals surface area contributed by atoms with E-state index >= 15 is 0 Å². The SMILES string of the molecule is CN(C)c1ccc(/C=N/NC(=O)COc2ccc(Cl)cc2Cl)cc1. The average molecular weight is 366 g/mol. The van der Waals surface area contributed by atoms with Crippen LogP contribution in [0, 0.1) is 0 Å². The van der Waals surface area contributed by atoms with Gasteiger partial charge < -0.3 is 9.64 Å². The molecule has 0 aliphatic rings. The number of hydrazone groups is 1. The van der Waals surface area contributed by atoms with Crippen molar-refractivity contribution in [2.24, 2.45) is 5.10 Å². The molecule has 1 N–H and O–H groups in total. The van der Waals surface area contributed by atoms with E-state index in [1.807, 2.05) is 43.3 Å². The van der Waals surface area contributed by atoms with Crippen LogP contribution < -0.4 is 15.1 Å². The molecular formula is C17H17Cl2N3O2. The Kier molecular flexibility index (Phi) is 6.46. The highest BCUT2D eigenvalue weighted by Crippen LogP contribution is 2.27. The van der Waals surface area contributed by atoms with Crippen LogP contribution in [-0.2, 0) is 4.79 Å². The number of benzene rings is 2. The molecule has 0 fully saturated rings. The van der Waals surface area contributed by atoms with Crippen molar-refractivity contribution in [1.29, 1.82) is 0 Å². The van der Waals surface area contributed by atoms with Crippen molar-refractivity contribution in [2.75, 3.05) is 25.6 Å². The van der Waals surface area contributed by atoms with Gasteiger partial charge in [0, 0.05) is 24.8 Å². The third-order valence-electron chi connectivity index (χ3n) is 3.07. The number of ether oxygens (including phenoxy) is 1. The molecule has 0 bridgehead atoms. The fourth-order valence-corrected chi connectivity index (χ4v) is 2.27. The van der Waals surface area contributed by atoms with Crippen LogP contribution in [0.4, 0.5) is 5.69 Å². The van der Waals surface area contributed by atoms with Gasteiger partial charge in [-0.05, 0) is 35.9 Å². The number of nitrogens with zero attached hydrogens (tertiary/aromatic N) is 2. The molecule has 0 saturated heterocycles. The van der Waals surface area contributed by atoms with Crippen LogP contribution in [0.25, 0.3) is 0 Å². The number of nitrogens with one attached hydrogen (secondary N) is 1. The zero-order valence-corrected chi connectivity index (χ0v) is 14.8. The number of carbonyl (C=O) groups excluding carboxylic acids is 1. The van der Waals surface area contributed by atoms with Gasteiger partial charge in [-0.15, -0.1) is 0 Å². The standard InChI is InChI=1S/C17H17Cl2N3O2/c1-22(2)14-6-3-12(4-7-14)10-20-21-17(23)11-24-16-8-5-13(18)9-15(16)19/h3-10H,11H2,1-2H3,(H,21,23)/b20-10+.